The Labute approximate surface area is 67.1 Å². The first kappa shape index (κ1) is 6.24. The summed E-state index contributed by atoms with van der Waals surface area (Å²) < 4.78 is 0. The SMILES string of the molecule is OCC12CC3C=C1CC(C3)C2. The molecule has 4 aliphatic carbocycles. The maximum atomic E-state index is 9.32. The summed E-state index contributed by atoms with van der Waals surface area (Å²) in [4.78, 5) is 0. The summed E-state index contributed by atoms with van der Waals surface area (Å²) in [6, 6.07) is 0. The van der Waals surface area contributed by atoms with Gasteiger partial charge < -0.3 is 5.11 Å². The van der Waals surface area contributed by atoms with Gasteiger partial charge >= 0.3 is 0 Å². The molecule has 4 bridgehead atoms. The molecule has 11 heavy (non-hydrogen) atoms. The fraction of sp³-hybridized carbons (Fsp3) is 0.800. The van der Waals surface area contributed by atoms with E-state index in [1.165, 1.54) is 25.7 Å². The van der Waals surface area contributed by atoms with E-state index in [1.54, 1.807) is 5.57 Å². The lowest BCUT2D eigenvalue weighted by Gasteiger charge is -2.30. The number of aliphatic hydroxyl groups excluding tert-OH is 1. The van der Waals surface area contributed by atoms with Crippen LogP contribution in [0.2, 0.25) is 0 Å². The van der Waals surface area contributed by atoms with Crippen LogP contribution >= 0.6 is 0 Å². The zero-order chi connectivity index (χ0) is 7.47. The predicted octanol–water partition coefficient (Wildman–Crippen LogP) is 1.73. The van der Waals surface area contributed by atoms with Crippen LogP contribution in [0.1, 0.15) is 25.7 Å². The van der Waals surface area contributed by atoms with Crippen molar-refractivity contribution in [3.8, 4) is 0 Å². The largest absolute Gasteiger partial charge is 0.395 e. The van der Waals surface area contributed by atoms with Crippen molar-refractivity contribution >= 4 is 0 Å². The second-order valence-electron chi connectivity index (χ2n) is 4.60. The average Bonchev–Trinajstić information content (AvgIpc) is 2.37. The van der Waals surface area contributed by atoms with Gasteiger partial charge in [0.25, 0.3) is 0 Å². The highest BCUT2D eigenvalue weighted by Crippen LogP contribution is 2.61. The Morgan fingerprint density at radius 1 is 1.55 bits per heavy atom. The van der Waals surface area contributed by atoms with E-state index in [0.717, 1.165) is 11.8 Å². The van der Waals surface area contributed by atoms with Crippen molar-refractivity contribution in [1.29, 1.82) is 0 Å². The summed E-state index contributed by atoms with van der Waals surface area (Å²) in [6.07, 6.45) is 7.70. The Hall–Kier alpha value is -0.300. The minimum Gasteiger partial charge on any atom is -0.395 e. The zero-order valence-corrected chi connectivity index (χ0v) is 6.71. The number of rotatable bonds is 1. The predicted molar refractivity (Wildman–Crippen MR) is 43.0 cm³/mol. The number of hydrogen-bond donors (Lipinski definition) is 1. The van der Waals surface area contributed by atoms with Gasteiger partial charge in [0.2, 0.25) is 0 Å². The molecule has 0 saturated heterocycles. The molecule has 0 heterocycles. The molecular weight excluding hydrogens is 136 g/mol. The summed E-state index contributed by atoms with van der Waals surface area (Å²) in [6.45, 7) is 0.409. The second-order valence-corrected chi connectivity index (χ2v) is 4.60. The lowest BCUT2D eigenvalue weighted by atomic mass is 9.75. The molecule has 2 fully saturated rings. The highest BCUT2D eigenvalue weighted by Gasteiger charge is 2.52. The summed E-state index contributed by atoms with van der Waals surface area (Å²) in [5, 5.41) is 9.32. The minimum atomic E-state index is 0.285. The molecule has 1 N–H and O–H groups in total. The van der Waals surface area contributed by atoms with Gasteiger partial charge in [-0.25, -0.2) is 0 Å². The Kier molecular flexibility index (Phi) is 0.972. The van der Waals surface area contributed by atoms with Crippen molar-refractivity contribution in [3.05, 3.63) is 11.6 Å². The maximum Gasteiger partial charge on any atom is 0.0524 e. The van der Waals surface area contributed by atoms with Crippen LogP contribution in [-0.2, 0) is 0 Å². The second kappa shape index (κ2) is 1.71. The van der Waals surface area contributed by atoms with Gasteiger partial charge in [0.1, 0.15) is 0 Å². The molecule has 0 aromatic rings. The first-order valence-corrected chi connectivity index (χ1v) is 4.64. The van der Waals surface area contributed by atoms with Crippen LogP contribution in [0.5, 0.6) is 0 Å². The zero-order valence-electron chi connectivity index (χ0n) is 6.71. The molecule has 4 aliphatic rings. The third kappa shape index (κ3) is 0.610. The smallest absolute Gasteiger partial charge is 0.0524 e. The number of allylic oxidation sites excluding steroid dienone is 1. The van der Waals surface area contributed by atoms with Crippen molar-refractivity contribution in [1.82, 2.24) is 0 Å². The molecule has 1 heteroatoms. The molecule has 3 atom stereocenters. The van der Waals surface area contributed by atoms with Crippen molar-refractivity contribution in [2.24, 2.45) is 17.3 Å². The van der Waals surface area contributed by atoms with Crippen molar-refractivity contribution in [2.75, 3.05) is 6.61 Å². The van der Waals surface area contributed by atoms with Crippen molar-refractivity contribution in [3.63, 3.8) is 0 Å². The molecule has 0 radical (unpaired) electrons. The standard InChI is InChI=1S/C10H14O/c11-6-10-4-7-1-8(5-10)3-9(10)2-7/h2,7-8,11H,1,3-6H2. The lowest BCUT2D eigenvalue weighted by Crippen LogP contribution is -2.25. The summed E-state index contributed by atoms with van der Waals surface area (Å²) >= 11 is 0. The fourth-order valence-corrected chi connectivity index (χ4v) is 3.56. The highest BCUT2D eigenvalue weighted by atomic mass is 16.3. The molecule has 0 spiro atoms. The Bertz CT molecular complexity index is 231. The van der Waals surface area contributed by atoms with Crippen LogP contribution in [0, 0.1) is 17.3 Å². The van der Waals surface area contributed by atoms with E-state index < -0.39 is 0 Å². The summed E-state index contributed by atoms with van der Waals surface area (Å²) in [5.41, 5.74) is 1.88. The first-order valence-electron chi connectivity index (χ1n) is 4.64. The van der Waals surface area contributed by atoms with Crippen LogP contribution in [0.4, 0.5) is 0 Å². The Balaban J connectivity index is 2.07. The fourth-order valence-electron chi connectivity index (χ4n) is 3.56. The van der Waals surface area contributed by atoms with Gasteiger partial charge in [-0.15, -0.1) is 0 Å². The van der Waals surface area contributed by atoms with Crippen LogP contribution < -0.4 is 0 Å². The van der Waals surface area contributed by atoms with Crippen LogP contribution in [0.15, 0.2) is 11.6 Å². The molecule has 0 aliphatic heterocycles. The van der Waals surface area contributed by atoms with Crippen molar-refractivity contribution in [2.45, 2.75) is 25.7 Å². The normalized spacial score (nSPS) is 51.9. The quantitative estimate of drug-likeness (QED) is 0.564. The van der Waals surface area contributed by atoms with E-state index in [0.29, 0.717) is 6.61 Å². The molecule has 0 amide bonds. The molecule has 1 nitrogen and oxygen atoms in total. The monoisotopic (exact) mass is 150 g/mol. The Morgan fingerprint density at radius 3 is 3.09 bits per heavy atom. The lowest BCUT2D eigenvalue weighted by molar-refractivity contribution is 0.119. The van der Waals surface area contributed by atoms with Crippen molar-refractivity contribution < 1.29 is 5.11 Å². The van der Waals surface area contributed by atoms with Gasteiger partial charge in [-0.05, 0) is 37.5 Å². The van der Waals surface area contributed by atoms with Gasteiger partial charge in [0, 0.05) is 5.41 Å². The van der Waals surface area contributed by atoms with Crippen LogP contribution in [-0.4, -0.2) is 11.7 Å². The van der Waals surface area contributed by atoms with E-state index in [2.05, 4.69) is 6.08 Å². The molecule has 2 saturated carbocycles. The van der Waals surface area contributed by atoms with Crippen LogP contribution in [0.3, 0.4) is 0 Å². The number of hydrogen-bond acceptors (Lipinski definition) is 1. The van der Waals surface area contributed by atoms with Gasteiger partial charge in [0.05, 0.1) is 6.61 Å². The molecule has 60 valence electrons. The van der Waals surface area contributed by atoms with E-state index in [9.17, 15) is 5.11 Å². The summed E-state index contributed by atoms with van der Waals surface area (Å²) in [5.74, 6) is 1.77. The van der Waals surface area contributed by atoms with Gasteiger partial charge in [-0.3, -0.25) is 0 Å². The third-order valence-electron chi connectivity index (χ3n) is 3.90. The molecular formula is C10H14O. The molecule has 0 aromatic heterocycles. The number of aliphatic hydroxyl groups is 1. The highest BCUT2D eigenvalue weighted by molar-refractivity contribution is 5.31. The minimum absolute atomic E-state index is 0.285. The van der Waals surface area contributed by atoms with E-state index in [-0.39, 0.29) is 5.41 Å². The van der Waals surface area contributed by atoms with E-state index in [4.69, 9.17) is 0 Å². The third-order valence-corrected chi connectivity index (χ3v) is 3.90. The maximum absolute atomic E-state index is 9.32. The first-order chi connectivity index (χ1) is 5.32. The van der Waals surface area contributed by atoms with E-state index in [1.807, 2.05) is 0 Å². The average molecular weight is 150 g/mol. The van der Waals surface area contributed by atoms with E-state index >= 15 is 0 Å². The molecule has 4 rings (SSSR count). The Morgan fingerprint density at radius 2 is 2.45 bits per heavy atom. The van der Waals surface area contributed by atoms with Gasteiger partial charge in [-0.2, -0.15) is 0 Å². The van der Waals surface area contributed by atoms with Crippen LogP contribution in [0.25, 0.3) is 0 Å². The molecule has 3 unspecified atom stereocenters. The topological polar surface area (TPSA) is 20.2 Å². The molecule has 0 aromatic carbocycles. The van der Waals surface area contributed by atoms with Gasteiger partial charge in [0.15, 0.2) is 0 Å². The van der Waals surface area contributed by atoms with Gasteiger partial charge in [-0.1, -0.05) is 11.6 Å². The summed E-state index contributed by atoms with van der Waals surface area (Å²) in [7, 11) is 0.